The van der Waals surface area contributed by atoms with Gasteiger partial charge in [-0.05, 0) is 38.1 Å². The van der Waals surface area contributed by atoms with E-state index in [0.717, 1.165) is 11.3 Å². The van der Waals surface area contributed by atoms with Crippen molar-refractivity contribution in [3.05, 3.63) is 70.3 Å². The van der Waals surface area contributed by atoms with Gasteiger partial charge in [0.15, 0.2) is 0 Å². The van der Waals surface area contributed by atoms with Crippen molar-refractivity contribution in [2.75, 3.05) is 18.0 Å². The lowest BCUT2D eigenvalue weighted by molar-refractivity contribution is -0.136. The van der Waals surface area contributed by atoms with Crippen LogP contribution in [0.4, 0.5) is 5.69 Å². The molecule has 2 heterocycles. The molecule has 0 aliphatic carbocycles. The number of aryl methyl sites for hydroxylation is 1. The van der Waals surface area contributed by atoms with Crippen LogP contribution in [0.3, 0.4) is 0 Å². The Morgan fingerprint density at radius 3 is 2.63 bits per heavy atom. The molecule has 1 atom stereocenters. The van der Waals surface area contributed by atoms with Crippen molar-refractivity contribution < 1.29 is 9.59 Å². The third kappa shape index (κ3) is 3.83. The number of nitrogens with one attached hydrogen (secondary N) is 1. The molecule has 1 fully saturated rings. The maximum Gasteiger partial charge on any atom is 0.258 e. The minimum absolute atomic E-state index is 0.0505. The minimum atomic E-state index is -0.411. The van der Waals surface area contributed by atoms with E-state index >= 15 is 0 Å². The van der Waals surface area contributed by atoms with Crippen LogP contribution >= 0.6 is 0 Å². The van der Waals surface area contributed by atoms with Crippen LogP contribution in [0.25, 0.3) is 10.9 Å². The highest BCUT2D eigenvalue weighted by Crippen LogP contribution is 2.27. The molecule has 30 heavy (non-hydrogen) atoms. The van der Waals surface area contributed by atoms with Crippen LogP contribution in [-0.4, -0.2) is 39.8 Å². The smallest absolute Gasteiger partial charge is 0.258 e. The second-order valence-corrected chi connectivity index (χ2v) is 7.62. The predicted molar refractivity (Wildman–Crippen MR) is 115 cm³/mol. The molecule has 0 bridgehead atoms. The maximum atomic E-state index is 13.1. The van der Waals surface area contributed by atoms with Gasteiger partial charge in [0, 0.05) is 25.2 Å². The molecular formula is C23H24N4O3. The van der Waals surface area contributed by atoms with E-state index in [1.165, 1.54) is 0 Å². The Kier molecular flexibility index (Phi) is 5.35. The number of benzene rings is 2. The van der Waals surface area contributed by atoms with Crippen molar-refractivity contribution in [2.45, 2.75) is 26.8 Å². The zero-order valence-corrected chi connectivity index (χ0v) is 17.1. The lowest BCUT2D eigenvalue weighted by atomic mass is 10.1. The number of H-pyrrole nitrogens is 1. The molecule has 4 rings (SSSR count). The molecule has 7 heteroatoms. The van der Waals surface area contributed by atoms with Crippen molar-refractivity contribution in [3.63, 3.8) is 0 Å². The van der Waals surface area contributed by atoms with E-state index in [-0.39, 0.29) is 30.3 Å². The molecule has 0 saturated carbocycles. The standard InChI is InChI=1S/C23H24N4O3/c1-3-26(14-20-24-19-7-5-4-6-18(19)22(29)25-20)23(30)16-12-21(28)27(13-16)17-10-8-15(2)9-11-17/h4-11,16H,3,12-14H2,1-2H3,(H,24,25,29)/t16-/m1/s1. The predicted octanol–water partition coefficient (Wildman–Crippen LogP) is 2.63. The van der Waals surface area contributed by atoms with Gasteiger partial charge in [-0.1, -0.05) is 29.8 Å². The monoisotopic (exact) mass is 404 g/mol. The summed E-state index contributed by atoms with van der Waals surface area (Å²) < 4.78 is 0. The third-order valence-electron chi connectivity index (χ3n) is 5.52. The fourth-order valence-corrected chi connectivity index (χ4v) is 3.84. The summed E-state index contributed by atoms with van der Waals surface area (Å²) in [5.41, 5.74) is 2.30. The molecule has 1 aromatic heterocycles. The Morgan fingerprint density at radius 2 is 1.90 bits per heavy atom. The van der Waals surface area contributed by atoms with E-state index in [1.807, 2.05) is 44.2 Å². The highest BCUT2D eigenvalue weighted by molar-refractivity contribution is 6.00. The zero-order valence-electron chi connectivity index (χ0n) is 17.1. The van der Waals surface area contributed by atoms with Crippen LogP contribution in [0.2, 0.25) is 0 Å². The molecule has 1 N–H and O–H groups in total. The Hall–Kier alpha value is -3.48. The van der Waals surface area contributed by atoms with E-state index in [0.29, 0.717) is 29.8 Å². The second-order valence-electron chi connectivity index (χ2n) is 7.62. The van der Waals surface area contributed by atoms with Gasteiger partial charge in [0.05, 0.1) is 23.4 Å². The van der Waals surface area contributed by atoms with Crippen LogP contribution in [0.15, 0.2) is 53.3 Å². The summed E-state index contributed by atoms with van der Waals surface area (Å²) >= 11 is 0. The molecule has 2 amide bonds. The maximum absolute atomic E-state index is 13.1. The first kappa shape index (κ1) is 19.8. The van der Waals surface area contributed by atoms with E-state index in [2.05, 4.69) is 9.97 Å². The highest BCUT2D eigenvalue weighted by Gasteiger charge is 2.37. The first-order chi connectivity index (χ1) is 14.5. The van der Waals surface area contributed by atoms with Crippen LogP contribution in [0.5, 0.6) is 0 Å². The van der Waals surface area contributed by atoms with Crippen molar-refractivity contribution in [3.8, 4) is 0 Å². The van der Waals surface area contributed by atoms with Crippen molar-refractivity contribution in [2.24, 2.45) is 5.92 Å². The molecule has 2 aromatic carbocycles. The fraction of sp³-hybridized carbons (Fsp3) is 0.304. The van der Waals surface area contributed by atoms with E-state index in [1.54, 1.807) is 28.0 Å². The molecule has 0 unspecified atom stereocenters. The minimum Gasteiger partial charge on any atom is -0.335 e. The molecule has 1 aliphatic rings. The summed E-state index contributed by atoms with van der Waals surface area (Å²) in [6, 6.07) is 14.8. The largest absolute Gasteiger partial charge is 0.335 e. The summed E-state index contributed by atoms with van der Waals surface area (Å²) in [4.78, 5) is 48.6. The topological polar surface area (TPSA) is 86.4 Å². The lowest BCUT2D eigenvalue weighted by Crippen LogP contribution is -2.37. The first-order valence-corrected chi connectivity index (χ1v) is 10.1. The van der Waals surface area contributed by atoms with Gasteiger partial charge in [0.1, 0.15) is 5.82 Å². The molecule has 1 aliphatic heterocycles. The Morgan fingerprint density at radius 1 is 1.17 bits per heavy atom. The van der Waals surface area contributed by atoms with Gasteiger partial charge >= 0.3 is 0 Å². The summed E-state index contributed by atoms with van der Waals surface area (Å²) in [6.45, 7) is 4.89. The van der Waals surface area contributed by atoms with E-state index < -0.39 is 5.92 Å². The third-order valence-corrected chi connectivity index (χ3v) is 5.52. The van der Waals surface area contributed by atoms with Crippen molar-refractivity contribution >= 4 is 28.4 Å². The van der Waals surface area contributed by atoms with Gasteiger partial charge in [0.2, 0.25) is 11.8 Å². The molecule has 7 nitrogen and oxygen atoms in total. The number of amides is 2. The Labute approximate surface area is 174 Å². The van der Waals surface area contributed by atoms with Crippen molar-refractivity contribution in [1.29, 1.82) is 0 Å². The molecule has 0 spiro atoms. The van der Waals surface area contributed by atoms with Crippen LogP contribution in [-0.2, 0) is 16.1 Å². The average molecular weight is 404 g/mol. The van der Waals surface area contributed by atoms with Crippen LogP contribution in [0.1, 0.15) is 24.7 Å². The highest BCUT2D eigenvalue weighted by atomic mass is 16.2. The molecule has 154 valence electrons. The molecule has 0 radical (unpaired) electrons. The van der Waals surface area contributed by atoms with Crippen molar-refractivity contribution in [1.82, 2.24) is 14.9 Å². The number of aromatic nitrogens is 2. The Balaban J connectivity index is 1.51. The average Bonchev–Trinajstić information content (AvgIpc) is 3.14. The second kappa shape index (κ2) is 8.10. The normalized spacial score (nSPS) is 16.3. The Bertz CT molecular complexity index is 1150. The van der Waals surface area contributed by atoms with Gasteiger partial charge in [-0.25, -0.2) is 4.98 Å². The zero-order chi connectivity index (χ0) is 21.3. The number of carbonyl (C=O) groups excluding carboxylic acids is 2. The molecule has 1 saturated heterocycles. The van der Waals surface area contributed by atoms with E-state index in [4.69, 9.17) is 0 Å². The number of fused-ring (bicyclic) bond motifs is 1. The number of hydrogen-bond acceptors (Lipinski definition) is 4. The first-order valence-electron chi connectivity index (χ1n) is 10.1. The summed E-state index contributed by atoms with van der Waals surface area (Å²) in [6.07, 6.45) is 0.185. The number of para-hydroxylation sites is 1. The van der Waals surface area contributed by atoms with Crippen LogP contribution in [0, 0.1) is 12.8 Å². The molecule has 3 aromatic rings. The number of nitrogens with zero attached hydrogens (tertiary/aromatic N) is 3. The fourth-order valence-electron chi connectivity index (χ4n) is 3.84. The van der Waals surface area contributed by atoms with E-state index in [9.17, 15) is 14.4 Å². The number of rotatable bonds is 5. The number of anilines is 1. The quantitative estimate of drug-likeness (QED) is 0.708. The van der Waals surface area contributed by atoms with Crippen LogP contribution < -0.4 is 10.5 Å². The molecular weight excluding hydrogens is 380 g/mol. The van der Waals surface area contributed by atoms with Gasteiger partial charge in [0.25, 0.3) is 5.56 Å². The van der Waals surface area contributed by atoms with Gasteiger partial charge in [-0.3, -0.25) is 14.4 Å². The summed E-state index contributed by atoms with van der Waals surface area (Å²) in [5, 5.41) is 0.519. The summed E-state index contributed by atoms with van der Waals surface area (Å²) in [7, 11) is 0. The van der Waals surface area contributed by atoms with Gasteiger partial charge < -0.3 is 14.8 Å². The number of carbonyl (C=O) groups is 2. The number of aromatic amines is 1. The lowest BCUT2D eigenvalue weighted by Gasteiger charge is -2.24. The van der Waals surface area contributed by atoms with Gasteiger partial charge in [-0.15, -0.1) is 0 Å². The SMILES string of the molecule is CCN(Cc1nc2ccccc2c(=O)[nH]1)C(=O)[C@@H]1CC(=O)N(c2ccc(C)cc2)C1. The number of hydrogen-bond donors (Lipinski definition) is 1. The summed E-state index contributed by atoms with van der Waals surface area (Å²) in [5.74, 6) is -0.124. The van der Waals surface area contributed by atoms with Gasteiger partial charge in [-0.2, -0.15) is 0 Å².